The number of hydrogen-bond donors (Lipinski definition) is 3. The molecule has 0 aromatic carbocycles. The summed E-state index contributed by atoms with van der Waals surface area (Å²) in [5.74, 6) is 0.175. The molecule has 19 heteroatoms. The van der Waals surface area contributed by atoms with Crippen LogP contribution in [-0.4, -0.2) is 96.7 Å². The van der Waals surface area contributed by atoms with Crippen LogP contribution in [0.5, 0.6) is 0 Å². The highest BCUT2D eigenvalue weighted by Crippen LogP contribution is 2.45. The number of phosphoric acid groups is 2. The fraction of sp³-hybridized carbons (Fsp3) is 0.896. The summed E-state index contributed by atoms with van der Waals surface area (Å²) in [6, 6.07) is 0. The first kappa shape index (κ1) is 93.5. The molecule has 0 radical (unpaired) electrons. The zero-order valence-electron chi connectivity index (χ0n) is 62.3. The Morgan fingerprint density at radius 3 is 0.927 bits per heavy atom. The molecule has 0 saturated carbocycles. The van der Waals surface area contributed by atoms with Crippen molar-refractivity contribution < 1.29 is 80.2 Å². The third-order valence-electron chi connectivity index (χ3n) is 18.0. The summed E-state index contributed by atoms with van der Waals surface area (Å²) < 4.78 is 68.5. The van der Waals surface area contributed by atoms with Gasteiger partial charge in [-0.25, -0.2) is 9.13 Å². The molecule has 566 valence electrons. The molecule has 0 aliphatic carbocycles. The lowest BCUT2D eigenvalue weighted by atomic mass is 9.99. The Morgan fingerprint density at radius 2 is 0.615 bits per heavy atom. The van der Waals surface area contributed by atoms with Crippen molar-refractivity contribution in [3.63, 3.8) is 0 Å². The predicted octanol–water partition coefficient (Wildman–Crippen LogP) is 22.1. The summed E-state index contributed by atoms with van der Waals surface area (Å²) in [5, 5.41) is 10.6. The molecule has 0 fully saturated rings. The number of unbranched alkanes of at least 4 members (excludes halogenated alkanes) is 36. The molecule has 0 aromatic heterocycles. The van der Waals surface area contributed by atoms with E-state index in [9.17, 15) is 43.2 Å². The molecule has 0 saturated heterocycles. The second kappa shape index (κ2) is 67.1. The Kier molecular flexibility index (Phi) is 65.3. The van der Waals surface area contributed by atoms with Crippen LogP contribution in [-0.2, 0) is 65.4 Å². The molecule has 7 atom stereocenters. The zero-order chi connectivity index (χ0) is 70.9. The molecule has 0 aliphatic heterocycles. The molecule has 0 aromatic rings. The van der Waals surface area contributed by atoms with Crippen molar-refractivity contribution >= 4 is 39.5 Å². The van der Waals surface area contributed by atoms with Crippen LogP contribution in [0.4, 0.5) is 0 Å². The molecular formula is C77H146O17P2. The fourth-order valence-corrected chi connectivity index (χ4v) is 12.8. The Balaban J connectivity index is 5.27. The van der Waals surface area contributed by atoms with Gasteiger partial charge in [0.25, 0.3) is 0 Å². The van der Waals surface area contributed by atoms with Crippen molar-refractivity contribution in [2.45, 2.75) is 388 Å². The largest absolute Gasteiger partial charge is 0.472 e. The Bertz CT molecular complexity index is 1970. The van der Waals surface area contributed by atoms with E-state index in [1.165, 1.54) is 154 Å². The van der Waals surface area contributed by atoms with Crippen molar-refractivity contribution in [2.75, 3.05) is 39.6 Å². The van der Waals surface area contributed by atoms with Gasteiger partial charge in [0.05, 0.1) is 26.4 Å². The molecule has 17 nitrogen and oxygen atoms in total. The summed E-state index contributed by atoms with van der Waals surface area (Å²) in [4.78, 5) is 72.8. The summed E-state index contributed by atoms with van der Waals surface area (Å²) in [6.07, 6.45) is 56.2. The SMILES string of the molecule is CCCCCC/C=C\C=C/CCCCCCCC(=O)OC[C@H](COP(=O)(O)OC[C@@H](O)COP(=O)(O)OC[C@@H](COC(=O)CCCCCCCCC(C)CC)OC(=O)CCCCCCCCCCCCCCCCC(C)CC)OC(=O)CCCCCCCCCCCCC(C)C. The van der Waals surface area contributed by atoms with Crippen LogP contribution in [0.25, 0.3) is 0 Å². The summed E-state index contributed by atoms with van der Waals surface area (Å²) >= 11 is 0. The molecular weight excluding hydrogens is 1260 g/mol. The highest BCUT2D eigenvalue weighted by molar-refractivity contribution is 7.47. The number of aliphatic hydroxyl groups excluding tert-OH is 1. The topological polar surface area (TPSA) is 237 Å². The van der Waals surface area contributed by atoms with E-state index in [0.29, 0.717) is 25.7 Å². The first-order chi connectivity index (χ1) is 46.3. The van der Waals surface area contributed by atoms with E-state index in [0.717, 1.165) is 133 Å². The molecule has 3 N–H and O–H groups in total. The summed E-state index contributed by atoms with van der Waals surface area (Å²) in [6.45, 7) is 11.8. The van der Waals surface area contributed by atoms with Crippen LogP contribution in [0.15, 0.2) is 24.3 Å². The fourth-order valence-electron chi connectivity index (χ4n) is 11.2. The van der Waals surface area contributed by atoms with Crippen molar-refractivity contribution in [1.29, 1.82) is 0 Å². The van der Waals surface area contributed by atoms with Gasteiger partial charge < -0.3 is 33.8 Å². The molecule has 0 aliphatic rings. The van der Waals surface area contributed by atoms with E-state index in [1.54, 1.807) is 0 Å². The maximum atomic E-state index is 13.1. The first-order valence-corrected chi connectivity index (χ1v) is 42.2. The molecule has 4 unspecified atom stereocenters. The predicted molar refractivity (Wildman–Crippen MR) is 390 cm³/mol. The number of allylic oxidation sites excluding steroid dienone is 4. The maximum absolute atomic E-state index is 13.1. The Labute approximate surface area is 586 Å². The van der Waals surface area contributed by atoms with Gasteiger partial charge in [-0.2, -0.15) is 0 Å². The molecule has 0 rings (SSSR count). The van der Waals surface area contributed by atoms with Gasteiger partial charge >= 0.3 is 39.5 Å². The van der Waals surface area contributed by atoms with Gasteiger partial charge in [0.2, 0.25) is 0 Å². The quantitative estimate of drug-likeness (QED) is 0.0169. The number of rotatable bonds is 73. The highest BCUT2D eigenvalue weighted by atomic mass is 31.2. The van der Waals surface area contributed by atoms with Crippen LogP contribution >= 0.6 is 15.6 Å². The van der Waals surface area contributed by atoms with Gasteiger partial charge in [0.15, 0.2) is 12.2 Å². The standard InChI is InChI=1S/C77H146O17P2/c1-8-11-12-13-14-15-16-17-18-22-25-31-36-44-51-58-74(79)87-64-72(93-77(82)61-54-47-38-33-28-27-29-34-41-48-55-68(4)5)66-91-95(83,84)89-62-71(78)63-90-96(85,86)92-67-73(65-88-75(80)59-52-45-40-39-43-50-57-70(7)10-3)94-76(81)60-53-46-37-32-26-23-20-19-21-24-30-35-42-49-56-69(6)9-2/h15-18,68-73,78H,8-14,19-67H2,1-7H3,(H,83,84)(H,85,86)/b16-15-,18-17-/t69?,70?,71-,72-,73-/m1/s1. The minimum Gasteiger partial charge on any atom is -0.462 e. The smallest absolute Gasteiger partial charge is 0.462 e. The van der Waals surface area contributed by atoms with E-state index in [1.807, 2.05) is 0 Å². The van der Waals surface area contributed by atoms with Gasteiger partial charge in [-0.15, -0.1) is 0 Å². The number of phosphoric ester groups is 2. The molecule has 96 heavy (non-hydrogen) atoms. The lowest BCUT2D eigenvalue weighted by Gasteiger charge is -2.21. The number of ether oxygens (including phenoxy) is 4. The van der Waals surface area contributed by atoms with Crippen LogP contribution in [0.3, 0.4) is 0 Å². The third-order valence-corrected chi connectivity index (χ3v) is 19.9. The normalized spacial score (nSPS) is 14.8. The second-order valence-electron chi connectivity index (χ2n) is 28.0. The van der Waals surface area contributed by atoms with Gasteiger partial charge in [-0.3, -0.25) is 37.3 Å². The molecule has 0 bridgehead atoms. The van der Waals surface area contributed by atoms with Crippen molar-refractivity contribution in [3.8, 4) is 0 Å². The monoisotopic (exact) mass is 1410 g/mol. The zero-order valence-corrected chi connectivity index (χ0v) is 64.1. The van der Waals surface area contributed by atoms with Gasteiger partial charge in [-0.05, 0) is 69.1 Å². The van der Waals surface area contributed by atoms with E-state index in [2.05, 4.69) is 72.8 Å². The van der Waals surface area contributed by atoms with E-state index < -0.39 is 97.5 Å². The van der Waals surface area contributed by atoms with Crippen molar-refractivity contribution in [1.82, 2.24) is 0 Å². The average Bonchev–Trinajstić information content (AvgIpc) is 1.18. The summed E-state index contributed by atoms with van der Waals surface area (Å²) in [7, 11) is -9.93. The average molecular weight is 1410 g/mol. The van der Waals surface area contributed by atoms with Gasteiger partial charge in [0, 0.05) is 25.7 Å². The Morgan fingerprint density at radius 1 is 0.344 bits per heavy atom. The van der Waals surface area contributed by atoms with Crippen molar-refractivity contribution in [2.24, 2.45) is 17.8 Å². The number of carbonyl (C=O) groups excluding carboxylic acids is 4. The minimum atomic E-state index is -4.96. The van der Waals surface area contributed by atoms with Crippen LogP contribution in [0.2, 0.25) is 0 Å². The Hall–Kier alpha value is -2.46. The third kappa shape index (κ3) is 67.4. The van der Waals surface area contributed by atoms with Crippen LogP contribution in [0, 0.1) is 17.8 Å². The number of esters is 4. The number of hydrogen-bond acceptors (Lipinski definition) is 15. The molecule has 0 amide bonds. The van der Waals surface area contributed by atoms with Crippen LogP contribution in [0.1, 0.15) is 370 Å². The van der Waals surface area contributed by atoms with E-state index >= 15 is 0 Å². The molecule has 0 spiro atoms. The lowest BCUT2D eigenvalue weighted by Crippen LogP contribution is -2.30. The summed E-state index contributed by atoms with van der Waals surface area (Å²) in [5.41, 5.74) is 0. The van der Waals surface area contributed by atoms with E-state index in [-0.39, 0.29) is 25.7 Å². The van der Waals surface area contributed by atoms with Gasteiger partial charge in [-0.1, -0.05) is 317 Å². The highest BCUT2D eigenvalue weighted by Gasteiger charge is 2.30. The maximum Gasteiger partial charge on any atom is 0.472 e. The van der Waals surface area contributed by atoms with Gasteiger partial charge in [0.1, 0.15) is 19.3 Å². The first-order valence-electron chi connectivity index (χ1n) is 39.2. The minimum absolute atomic E-state index is 0.0987. The lowest BCUT2D eigenvalue weighted by molar-refractivity contribution is -0.161. The van der Waals surface area contributed by atoms with Crippen molar-refractivity contribution in [3.05, 3.63) is 24.3 Å². The molecule has 0 heterocycles. The van der Waals surface area contributed by atoms with E-state index in [4.69, 9.17) is 37.0 Å². The second-order valence-corrected chi connectivity index (χ2v) is 30.9. The van der Waals surface area contributed by atoms with Crippen LogP contribution < -0.4 is 0 Å². The number of carbonyl (C=O) groups is 4. The number of aliphatic hydroxyl groups is 1.